The lowest BCUT2D eigenvalue weighted by Crippen LogP contribution is -2.60. The fourth-order valence-electron chi connectivity index (χ4n) is 10.3. The summed E-state index contributed by atoms with van der Waals surface area (Å²) >= 11 is 0. The van der Waals surface area contributed by atoms with Gasteiger partial charge in [0, 0.05) is 62.9 Å². The van der Waals surface area contributed by atoms with Crippen LogP contribution >= 0.6 is 0 Å². The Bertz CT molecular complexity index is 3060. The smallest absolute Gasteiger partial charge is 0.333 e. The van der Waals surface area contributed by atoms with Crippen LogP contribution in [0, 0.1) is 13.8 Å². The molecule has 9 aromatic rings. The Hall–Kier alpha value is -6.98. The molecule has 8 aromatic carbocycles. The van der Waals surface area contributed by atoms with Crippen molar-refractivity contribution in [3.63, 3.8) is 0 Å². The summed E-state index contributed by atoms with van der Waals surface area (Å²) in [7, 11) is 0. The molecule has 1 atom stereocenters. The molecule has 0 N–H and O–H groups in total. The number of hydrogen-bond acceptors (Lipinski definition) is 3. The third-order valence-electron chi connectivity index (χ3n) is 12.8. The number of ether oxygens (including phenoxy) is 1. The highest BCUT2D eigenvalue weighted by molar-refractivity contribution is 6.93. The van der Waals surface area contributed by atoms with Gasteiger partial charge in [-0.1, -0.05) is 115 Å². The van der Waals surface area contributed by atoms with Crippen LogP contribution in [0.3, 0.4) is 0 Å². The molecule has 276 valence electrons. The molecule has 0 radical (unpaired) electrons. The van der Waals surface area contributed by atoms with E-state index in [1.165, 1.54) is 83.2 Å². The summed E-state index contributed by atoms with van der Waals surface area (Å²) < 4.78 is 9.56. The van der Waals surface area contributed by atoms with E-state index in [1.807, 2.05) is 0 Å². The Labute approximate surface area is 339 Å². The fraction of sp³-hybridized carbons (Fsp3) is 0.0943. The van der Waals surface area contributed by atoms with Gasteiger partial charge in [-0.2, -0.15) is 0 Å². The molecule has 12 rings (SSSR count). The quantitative estimate of drug-likeness (QED) is 0.164. The van der Waals surface area contributed by atoms with Crippen LogP contribution in [-0.4, -0.2) is 11.4 Å². The number of aromatic nitrogens is 1. The van der Waals surface area contributed by atoms with E-state index in [2.05, 4.69) is 211 Å². The van der Waals surface area contributed by atoms with Gasteiger partial charge >= 0.3 is 6.85 Å². The molecule has 5 heteroatoms. The number of rotatable bonds is 5. The first kappa shape index (κ1) is 33.2. The van der Waals surface area contributed by atoms with E-state index in [-0.39, 0.29) is 6.85 Å². The molecule has 0 amide bonds. The number of anilines is 5. The number of para-hydroxylation sites is 3. The predicted octanol–water partition coefficient (Wildman–Crippen LogP) is 12.0. The Balaban J connectivity index is 1.16. The Morgan fingerprint density at radius 3 is 2.02 bits per heavy atom. The summed E-state index contributed by atoms with van der Waals surface area (Å²) in [5.41, 5.74) is 19.1. The summed E-state index contributed by atoms with van der Waals surface area (Å²) in [5.74, 6) is 0.969. The van der Waals surface area contributed by atoms with Gasteiger partial charge in [0.05, 0.1) is 11.0 Å². The van der Waals surface area contributed by atoms with Crippen LogP contribution < -0.4 is 25.4 Å². The van der Waals surface area contributed by atoms with Gasteiger partial charge in [-0.15, -0.1) is 0 Å². The SMILES string of the molecule is Cc1ccc(N2B3c4cc5c(cc4-n4c6ccccc6c6c(C)cc(c3c64)-c3cc(N(c4ccccc4)c4ccccc4)ccc32)OC(C)(c2ccccc2)C5)cc1. The first-order valence-electron chi connectivity index (χ1n) is 20.3. The van der Waals surface area contributed by atoms with E-state index >= 15 is 0 Å². The average Bonchev–Trinajstić information content (AvgIpc) is 3.80. The van der Waals surface area contributed by atoms with Gasteiger partial charge in [0.2, 0.25) is 0 Å². The minimum Gasteiger partial charge on any atom is -0.482 e. The lowest BCUT2D eigenvalue weighted by Gasteiger charge is -2.42. The molecule has 58 heavy (non-hydrogen) atoms. The molecule has 3 aliphatic rings. The van der Waals surface area contributed by atoms with Gasteiger partial charge in [0.15, 0.2) is 0 Å². The van der Waals surface area contributed by atoms with Crippen LogP contribution in [-0.2, 0) is 12.0 Å². The predicted molar refractivity (Wildman–Crippen MR) is 242 cm³/mol. The number of hydrogen-bond donors (Lipinski definition) is 0. The number of benzene rings is 8. The van der Waals surface area contributed by atoms with E-state index in [0.29, 0.717) is 0 Å². The molecule has 0 aliphatic carbocycles. The van der Waals surface area contributed by atoms with Crippen molar-refractivity contribution < 1.29 is 4.74 Å². The number of nitrogens with zero attached hydrogens (tertiary/aromatic N) is 3. The van der Waals surface area contributed by atoms with E-state index in [1.54, 1.807) is 0 Å². The third-order valence-corrected chi connectivity index (χ3v) is 12.8. The van der Waals surface area contributed by atoms with Gasteiger partial charge in [0.25, 0.3) is 0 Å². The van der Waals surface area contributed by atoms with Crippen molar-refractivity contribution in [2.24, 2.45) is 0 Å². The van der Waals surface area contributed by atoms with Crippen LogP contribution in [0.4, 0.5) is 28.4 Å². The lowest BCUT2D eigenvalue weighted by molar-refractivity contribution is 0.116. The lowest BCUT2D eigenvalue weighted by atomic mass is 9.43. The molecular formula is C53H40BN3O. The van der Waals surface area contributed by atoms with Crippen LogP contribution in [0.25, 0.3) is 38.6 Å². The molecule has 4 heterocycles. The Kier molecular flexibility index (Phi) is 7.02. The third kappa shape index (κ3) is 4.70. The molecular weight excluding hydrogens is 705 g/mol. The van der Waals surface area contributed by atoms with E-state index < -0.39 is 5.60 Å². The molecule has 0 fully saturated rings. The molecule has 1 unspecified atom stereocenters. The first-order chi connectivity index (χ1) is 28.4. The molecule has 0 saturated heterocycles. The van der Waals surface area contributed by atoms with Gasteiger partial charge in [0.1, 0.15) is 11.4 Å². The molecule has 0 saturated carbocycles. The summed E-state index contributed by atoms with van der Waals surface area (Å²) in [4.78, 5) is 4.99. The highest BCUT2D eigenvalue weighted by Crippen LogP contribution is 2.50. The fourth-order valence-corrected chi connectivity index (χ4v) is 10.3. The first-order valence-corrected chi connectivity index (χ1v) is 20.3. The summed E-state index contributed by atoms with van der Waals surface area (Å²) in [6.07, 6.45) is 0.807. The second-order valence-corrected chi connectivity index (χ2v) is 16.4. The van der Waals surface area contributed by atoms with Crippen molar-refractivity contribution in [2.45, 2.75) is 32.8 Å². The summed E-state index contributed by atoms with van der Waals surface area (Å²) in [5, 5.41) is 2.60. The Morgan fingerprint density at radius 1 is 0.621 bits per heavy atom. The van der Waals surface area contributed by atoms with E-state index in [0.717, 1.165) is 29.2 Å². The molecule has 0 bridgehead atoms. The van der Waals surface area contributed by atoms with Crippen LogP contribution in [0.2, 0.25) is 0 Å². The summed E-state index contributed by atoms with van der Waals surface area (Å²) in [6.45, 7) is 6.64. The van der Waals surface area contributed by atoms with Crippen LogP contribution in [0.5, 0.6) is 5.75 Å². The maximum Gasteiger partial charge on any atom is 0.333 e. The van der Waals surface area contributed by atoms with E-state index in [9.17, 15) is 0 Å². The molecule has 1 aromatic heterocycles. The van der Waals surface area contributed by atoms with Crippen LogP contribution in [0.15, 0.2) is 176 Å². The maximum absolute atomic E-state index is 7.01. The number of aryl methyl sites for hydroxylation is 2. The zero-order valence-electron chi connectivity index (χ0n) is 32.8. The Morgan fingerprint density at radius 2 is 1.29 bits per heavy atom. The zero-order chi connectivity index (χ0) is 38.7. The second kappa shape index (κ2) is 12.3. The van der Waals surface area contributed by atoms with Gasteiger partial charge in [-0.05, 0) is 115 Å². The minimum atomic E-state index is -0.453. The molecule has 3 aliphatic heterocycles. The normalized spacial score (nSPS) is 15.9. The second-order valence-electron chi connectivity index (χ2n) is 16.4. The van der Waals surface area contributed by atoms with Crippen molar-refractivity contribution >= 4 is 68.0 Å². The maximum atomic E-state index is 7.01. The highest BCUT2D eigenvalue weighted by Gasteiger charge is 2.46. The standard InChI is InChI=1S/C53H40BN3O/c1-34-23-25-40(26-24-34)57-47-28-27-41(55(38-17-9-5-10-18-38)39-19-11-6-12-20-39)31-43(47)44-29-35(2)50-42-21-13-14-22-46(42)56-48-32-49-36(30-45(48)54(57)51(44)52(50)56)33-53(3,58-49)37-15-7-4-8-16-37/h4-32H,33H2,1-3H3. The van der Waals surface area contributed by atoms with E-state index in [4.69, 9.17) is 4.74 Å². The monoisotopic (exact) mass is 745 g/mol. The van der Waals surface area contributed by atoms with Crippen molar-refractivity contribution in [1.29, 1.82) is 0 Å². The molecule has 0 spiro atoms. The van der Waals surface area contributed by atoms with Crippen molar-refractivity contribution in [3.05, 3.63) is 198 Å². The van der Waals surface area contributed by atoms with Crippen molar-refractivity contribution in [3.8, 4) is 22.6 Å². The van der Waals surface area contributed by atoms with Gasteiger partial charge in [-0.25, -0.2) is 0 Å². The van der Waals surface area contributed by atoms with Gasteiger partial charge < -0.3 is 19.0 Å². The molecule has 4 nitrogen and oxygen atoms in total. The van der Waals surface area contributed by atoms with Gasteiger partial charge in [-0.3, -0.25) is 0 Å². The average molecular weight is 746 g/mol. The minimum absolute atomic E-state index is 0.0702. The zero-order valence-corrected chi connectivity index (χ0v) is 32.8. The van der Waals surface area contributed by atoms with Crippen molar-refractivity contribution in [2.75, 3.05) is 9.71 Å². The summed E-state index contributed by atoms with van der Waals surface area (Å²) in [6, 6.07) is 64.6. The van der Waals surface area contributed by atoms with Crippen LogP contribution in [0.1, 0.15) is 29.2 Å². The number of fused-ring (bicyclic) bond motifs is 9. The topological polar surface area (TPSA) is 20.6 Å². The van der Waals surface area contributed by atoms with Crippen molar-refractivity contribution in [1.82, 2.24) is 4.57 Å². The largest absolute Gasteiger partial charge is 0.482 e. The highest BCUT2D eigenvalue weighted by atomic mass is 16.5.